The molecule has 3 heterocycles. The second-order valence-electron chi connectivity index (χ2n) is 7.25. The van der Waals surface area contributed by atoms with Gasteiger partial charge in [0.15, 0.2) is 5.65 Å². The molecule has 0 bridgehead atoms. The number of carboxylic acid groups (broad SMARTS) is 1. The number of carbonyl (C=O) groups is 1. The van der Waals surface area contributed by atoms with Crippen molar-refractivity contribution < 1.29 is 9.90 Å². The van der Waals surface area contributed by atoms with Crippen molar-refractivity contribution >= 4 is 17.6 Å². The molecule has 0 aliphatic heterocycles. The second kappa shape index (κ2) is 8.24. The SMILES string of the molecule is O=C(O)NCCC1CCC(Nc2ccc3ncc(-c4ccncc4)n3n2)CC1. The molecule has 28 heavy (non-hydrogen) atoms. The summed E-state index contributed by atoms with van der Waals surface area (Å²) >= 11 is 0. The lowest BCUT2D eigenvalue weighted by molar-refractivity contribution is 0.192. The molecular weight excluding hydrogens is 356 g/mol. The first kappa shape index (κ1) is 18.2. The third-order valence-electron chi connectivity index (χ3n) is 5.37. The van der Waals surface area contributed by atoms with E-state index in [2.05, 4.69) is 20.6 Å². The van der Waals surface area contributed by atoms with Crippen LogP contribution in [0.5, 0.6) is 0 Å². The van der Waals surface area contributed by atoms with Crippen LogP contribution in [0.25, 0.3) is 16.9 Å². The normalized spacial score (nSPS) is 19.4. The number of imidazole rings is 1. The molecule has 146 valence electrons. The Kier molecular flexibility index (Phi) is 5.36. The maximum Gasteiger partial charge on any atom is 0.404 e. The highest BCUT2D eigenvalue weighted by Gasteiger charge is 2.21. The molecule has 1 amide bonds. The van der Waals surface area contributed by atoms with Crippen molar-refractivity contribution in [2.75, 3.05) is 11.9 Å². The first-order valence-corrected chi connectivity index (χ1v) is 9.67. The van der Waals surface area contributed by atoms with Crippen LogP contribution in [0.15, 0.2) is 42.9 Å². The molecule has 1 fully saturated rings. The zero-order chi connectivity index (χ0) is 19.3. The molecule has 0 unspecified atom stereocenters. The van der Waals surface area contributed by atoms with Crippen LogP contribution in [0.3, 0.4) is 0 Å². The minimum atomic E-state index is -0.942. The Bertz CT molecular complexity index is 934. The van der Waals surface area contributed by atoms with Gasteiger partial charge in [-0.2, -0.15) is 0 Å². The summed E-state index contributed by atoms with van der Waals surface area (Å²) in [5.41, 5.74) is 2.78. The summed E-state index contributed by atoms with van der Waals surface area (Å²) in [6.45, 7) is 0.536. The van der Waals surface area contributed by atoms with Gasteiger partial charge in [-0.1, -0.05) is 0 Å². The van der Waals surface area contributed by atoms with Crippen molar-refractivity contribution in [3.05, 3.63) is 42.9 Å². The van der Waals surface area contributed by atoms with Gasteiger partial charge in [0.1, 0.15) is 5.82 Å². The fraction of sp³-hybridized carbons (Fsp3) is 0.400. The standard InChI is InChI=1S/C20H24N6O2/c27-20(28)22-12-7-14-1-3-16(4-2-14)24-18-5-6-19-23-13-17(26(19)25-18)15-8-10-21-11-9-15/h5-6,8-11,13-14,16,22H,1-4,7,12H2,(H,24,25)(H,27,28). The molecule has 0 radical (unpaired) electrons. The van der Waals surface area contributed by atoms with Gasteiger partial charge in [-0.3, -0.25) is 4.98 Å². The maximum atomic E-state index is 10.5. The molecule has 1 saturated carbocycles. The number of nitrogens with one attached hydrogen (secondary N) is 2. The minimum absolute atomic E-state index is 0.390. The molecule has 1 aliphatic rings. The summed E-state index contributed by atoms with van der Waals surface area (Å²) in [6, 6.07) is 8.24. The summed E-state index contributed by atoms with van der Waals surface area (Å²) in [6.07, 6.45) is 9.68. The van der Waals surface area contributed by atoms with E-state index in [-0.39, 0.29) is 0 Å². The molecule has 1 aliphatic carbocycles. The van der Waals surface area contributed by atoms with Gasteiger partial charge < -0.3 is 15.7 Å². The molecule has 0 spiro atoms. The Morgan fingerprint density at radius 1 is 1.14 bits per heavy atom. The smallest absolute Gasteiger partial charge is 0.404 e. The van der Waals surface area contributed by atoms with E-state index in [9.17, 15) is 4.79 Å². The quantitative estimate of drug-likeness (QED) is 0.605. The molecule has 3 aromatic rings. The van der Waals surface area contributed by atoms with Crippen molar-refractivity contribution in [3.63, 3.8) is 0 Å². The van der Waals surface area contributed by atoms with Crippen LogP contribution in [0.2, 0.25) is 0 Å². The molecule has 4 rings (SSSR count). The lowest BCUT2D eigenvalue weighted by atomic mass is 9.84. The Morgan fingerprint density at radius 3 is 2.68 bits per heavy atom. The molecule has 8 nitrogen and oxygen atoms in total. The fourth-order valence-electron chi connectivity index (χ4n) is 3.86. The van der Waals surface area contributed by atoms with Crippen LogP contribution >= 0.6 is 0 Å². The number of hydrogen-bond donors (Lipinski definition) is 3. The van der Waals surface area contributed by atoms with Gasteiger partial charge in [0, 0.05) is 30.5 Å². The number of amides is 1. The number of hydrogen-bond acceptors (Lipinski definition) is 5. The minimum Gasteiger partial charge on any atom is -0.465 e. The van der Waals surface area contributed by atoms with Crippen LogP contribution in [-0.2, 0) is 0 Å². The number of rotatable bonds is 6. The summed E-state index contributed by atoms with van der Waals surface area (Å²) in [5, 5.41) is 19.4. The lowest BCUT2D eigenvalue weighted by Crippen LogP contribution is -2.29. The Hall–Kier alpha value is -3.16. The van der Waals surface area contributed by atoms with Crippen LogP contribution in [-0.4, -0.2) is 43.4 Å². The molecule has 8 heteroatoms. The van der Waals surface area contributed by atoms with Crippen molar-refractivity contribution in [2.45, 2.75) is 38.1 Å². The Labute approximate surface area is 163 Å². The average Bonchev–Trinajstić information content (AvgIpc) is 3.13. The van der Waals surface area contributed by atoms with Crippen molar-refractivity contribution in [2.24, 2.45) is 5.92 Å². The number of aromatic nitrogens is 4. The van der Waals surface area contributed by atoms with E-state index in [4.69, 9.17) is 10.2 Å². The largest absolute Gasteiger partial charge is 0.465 e. The van der Waals surface area contributed by atoms with Gasteiger partial charge >= 0.3 is 6.09 Å². The van der Waals surface area contributed by atoms with Gasteiger partial charge in [-0.05, 0) is 62.3 Å². The fourth-order valence-corrected chi connectivity index (χ4v) is 3.86. The highest BCUT2D eigenvalue weighted by atomic mass is 16.4. The van der Waals surface area contributed by atoms with Crippen molar-refractivity contribution in [3.8, 4) is 11.3 Å². The second-order valence-corrected chi connectivity index (χ2v) is 7.25. The van der Waals surface area contributed by atoms with E-state index in [1.807, 2.05) is 35.0 Å². The Balaban J connectivity index is 1.39. The molecule has 0 atom stereocenters. The van der Waals surface area contributed by atoms with E-state index in [1.165, 1.54) is 0 Å². The van der Waals surface area contributed by atoms with Gasteiger partial charge in [0.05, 0.1) is 11.9 Å². The summed E-state index contributed by atoms with van der Waals surface area (Å²) in [4.78, 5) is 19.1. The first-order chi connectivity index (χ1) is 13.7. The third-order valence-corrected chi connectivity index (χ3v) is 5.37. The monoisotopic (exact) mass is 380 g/mol. The highest BCUT2D eigenvalue weighted by molar-refractivity contribution is 5.64. The van der Waals surface area contributed by atoms with E-state index in [0.29, 0.717) is 18.5 Å². The molecular formula is C20H24N6O2. The molecule has 0 saturated heterocycles. The molecule has 0 aromatic carbocycles. The van der Waals surface area contributed by atoms with Gasteiger partial charge in [-0.15, -0.1) is 5.10 Å². The van der Waals surface area contributed by atoms with Crippen molar-refractivity contribution in [1.29, 1.82) is 0 Å². The predicted molar refractivity (Wildman–Crippen MR) is 106 cm³/mol. The summed E-state index contributed by atoms with van der Waals surface area (Å²) in [5.74, 6) is 1.43. The van der Waals surface area contributed by atoms with E-state index < -0.39 is 6.09 Å². The van der Waals surface area contributed by atoms with E-state index >= 15 is 0 Å². The van der Waals surface area contributed by atoms with Gasteiger partial charge in [0.25, 0.3) is 0 Å². The number of pyridine rings is 1. The average molecular weight is 380 g/mol. The highest BCUT2D eigenvalue weighted by Crippen LogP contribution is 2.28. The number of fused-ring (bicyclic) bond motifs is 1. The predicted octanol–water partition coefficient (Wildman–Crippen LogP) is 3.42. The van der Waals surface area contributed by atoms with Crippen LogP contribution in [0.4, 0.5) is 10.6 Å². The molecule has 3 N–H and O–H groups in total. The zero-order valence-corrected chi connectivity index (χ0v) is 15.6. The molecule has 3 aromatic heterocycles. The topological polar surface area (TPSA) is 104 Å². The van der Waals surface area contributed by atoms with Crippen LogP contribution in [0, 0.1) is 5.92 Å². The Morgan fingerprint density at radius 2 is 1.93 bits per heavy atom. The van der Waals surface area contributed by atoms with Crippen LogP contribution < -0.4 is 10.6 Å². The van der Waals surface area contributed by atoms with Crippen LogP contribution in [0.1, 0.15) is 32.1 Å². The first-order valence-electron chi connectivity index (χ1n) is 9.67. The number of nitrogens with zero attached hydrogens (tertiary/aromatic N) is 4. The van der Waals surface area contributed by atoms with E-state index in [0.717, 1.165) is 54.8 Å². The van der Waals surface area contributed by atoms with E-state index in [1.54, 1.807) is 12.4 Å². The third kappa shape index (κ3) is 4.21. The maximum absolute atomic E-state index is 10.5. The van der Waals surface area contributed by atoms with Crippen molar-refractivity contribution in [1.82, 2.24) is 24.9 Å². The zero-order valence-electron chi connectivity index (χ0n) is 15.6. The summed E-state index contributed by atoms with van der Waals surface area (Å²) in [7, 11) is 0. The van der Waals surface area contributed by atoms with Gasteiger partial charge in [0.2, 0.25) is 0 Å². The summed E-state index contributed by atoms with van der Waals surface area (Å²) < 4.78 is 1.86. The lowest BCUT2D eigenvalue weighted by Gasteiger charge is -2.29. The number of anilines is 1. The van der Waals surface area contributed by atoms with Gasteiger partial charge in [-0.25, -0.2) is 14.3 Å².